The van der Waals surface area contributed by atoms with Crippen molar-refractivity contribution in [3.05, 3.63) is 107 Å². The van der Waals surface area contributed by atoms with Crippen molar-refractivity contribution in [2.24, 2.45) is 11.0 Å². The molecule has 3 aromatic rings. The van der Waals surface area contributed by atoms with Gasteiger partial charge in [-0.1, -0.05) is 24.3 Å². The Kier molecular flexibility index (Phi) is 7.10. The number of ether oxygens (including phenoxy) is 1. The number of thiocarbonyl (C=S) groups is 1. The van der Waals surface area contributed by atoms with Gasteiger partial charge in [0.1, 0.15) is 17.4 Å². The van der Waals surface area contributed by atoms with E-state index in [0.29, 0.717) is 11.3 Å². The molecule has 188 valence electrons. The zero-order chi connectivity index (χ0) is 25.9. The van der Waals surface area contributed by atoms with Gasteiger partial charge in [-0.05, 0) is 103 Å². The van der Waals surface area contributed by atoms with Gasteiger partial charge in [-0.15, -0.1) is 0 Å². The summed E-state index contributed by atoms with van der Waals surface area (Å²) < 4.78 is 32.3. The van der Waals surface area contributed by atoms with Crippen molar-refractivity contribution >= 4 is 35.0 Å². The number of rotatable bonds is 4. The summed E-state index contributed by atoms with van der Waals surface area (Å²) in [5.41, 5.74) is 4.09. The van der Waals surface area contributed by atoms with E-state index in [1.165, 1.54) is 24.3 Å². The highest BCUT2D eigenvalue weighted by Gasteiger charge is 2.43. The number of nitrogens with zero attached hydrogens (tertiary/aromatic N) is 2. The van der Waals surface area contributed by atoms with E-state index in [1.807, 2.05) is 6.08 Å². The smallest absolute Gasteiger partial charge is 0.257 e. The van der Waals surface area contributed by atoms with Gasteiger partial charge >= 0.3 is 0 Å². The topological polar surface area (TPSA) is 53.9 Å². The number of carbonyl (C=O) groups is 1. The number of hydrogen-bond donors (Lipinski definition) is 1. The number of hydrazone groups is 1. The van der Waals surface area contributed by atoms with Gasteiger partial charge in [-0.3, -0.25) is 10.1 Å². The fourth-order valence-corrected chi connectivity index (χ4v) is 5.14. The van der Waals surface area contributed by atoms with E-state index in [-0.39, 0.29) is 34.6 Å². The molecule has 1 heterocycles. The average molecular weight is 518 g/mol. The molecule has 5 nitrogen and oxygen atoms in total. The van der Waals surface area contributed by atoms with E-state index in [1.54, 1.807) is 60.6 Å². The van der Waals surface area contributed by atoms with Crippen LogP contribution in [0.4, 0.5) is 8.78 Å². The molecule has 1 aliphatic carbocycles. The first-order valence-electron chi connectivity index (χ1n) is 12.0. The molecule has 0 unspecified atom stereocenters. The Morgan fingerprint density at radius 3 is 2.32 bits per heavy atom. The van der Waals surface area contributed by atoms with Crippen LogP contribution >= 0.6 is 12.2 Å². The quantitative estimate of drug-likeness (QED) is 0.414. The molecular weight excluding hydrogens is 492 g/mol. The number of fused-ring (bicyclic) bond motifs is 1. The number of amides is 1. The maximum atomic E-state index is 13.7. The SMILES string of the molecule is COc1ccc(C(=O)NC(=S)N2N=C3/C(=C\c4ccc(F)cc4)CCC[C@H]3[C@H]2c2ccc(F)cc2)cc1. The van der Waals surface area contributed by atoms with Gasteiger partial charge in [0.2, 0.25) is 0 Å². The largest absolute Gasteiger partial charge is 0.497 e. The summed E-state index contributed by atoms with van der Waals surface area (Å²) >= 11 is 5.67. The van der Waals surface area contributed by atoms with E-state index in [2.05, 4.69) is 5.32 Å². The van der Waals surface area contributed by atoms with Crippen LogP contribution in [0.5, 0.6) is 5.75 Å². The molecule has 0 radical (unpaired) electrons. The van der Waals surface area contributed by atoms with E-state index in [4.69, 9.17) is 22.1 Å². The third-order valence-electron chi connectivity index (χ3n) is 6.70. The van der Waals surface area contributed by atoms with Crippen LogP contribution < -0.4 is 10.1 Å². The molecule has 2 aliphatic rings. The molecule has 1 fully saturated rings. The third kappa shape index (κ3) is 5.29. The molecule has 37 heavy (non-hydrogen) atoms. The molecular formula is C29H25F2N3O2S. The summed E-state index contributed by atoms with van der Waals surface area (Å²) in [4.78, 5) is 12.9. The first kappa shape index (κ1) is 24.8. The van der Waals surface area contributed by atoms with Gasteiger partial charge in [0.15, 0.2) is 5.11 Å². The van der Waals surface area contributed by atoms with Gasteiger partial charge in [-0.2, -0.15) is 5.10 Å². The highest BCUT2D eigenvalue weighted by atomic mass is 32.1. The van der Waals surface area contributed by atoms with Crippen LogP contribution in [0.15, 0.2) is 83.5 Å². The Bertz CT molecular complexity index is 1370. The van der Waals surface area contributed by atoms with Crippen molar-refractivity contribution in [1.82, 2.24) is 10.3 Å². The molecule has 1 N–H and O–H groups in total. The lowest BCUT2D eigenvalue weighted by atomic mass is 9.77. The molecule has 5 rings (SSSR count). The number of hydrogen-bond acceptors (Lipinski definition) is 4. The maximum Gasteiger partial charge on any atom is 0.257 e. The van der Waals surface area contributed by atoms with Gasteiger partial charge in [-0.25, -0.2) is 13.8 Å². The highest BCUT2D eigenvalue weighted by Crippen LogP contribution is 2.44. The summed E-state index contributed by atoms with van der Waals surface area (Å²) in [5.74, 6) is -0.330. The number of methoxy groups -OCH3 is 1. The molecule has 1 aliphatic heterocycles. The monoisotopic (exact) mass is 517 g/mol. The number of benzene rings is 3. The summed E-state index contributed by atoms with van der Waals surface area (Å²) in [6.07, 6.45) is 4.65. The Morgan fingerprint density at radius 2 is 1.68 bits per heavy atom. The van der Waals surface area contributed by atoms with Crippen molar-refractivity contribution in [2.45, 2.75) is 25.3 Å². The lowest BCUT2D eigenvalue weighted by molar-refractivity contribution is 0.0971. The number of nitrogens with one attached hydrogen (secondary N) is 1. The minimum atomic E-state index is -0.359. The Balaban J connectivity index is 1.47. The summed E-state index contributed by atoms with van der Waals surface area (Å²) in [6, 6.07) is 19.1. The third-order valence-corrected chi connectivity index (χ3v) is 6.99. The van der Waals surface area contributed by atoms with E-state index in [0.717, 1.165) is 41.7 Å². The Hall–Kier alpha value is -3.91. The lowest BCUT2D eigenvalue weighted by Gasteiger charge is -2.30. The Morgan fingerprint density at radius 1 is 1.03 bits per heavy atom. The van der Waals surface area contributed by atoms with Crippen molar-refractivity contribution in [2.75, 3.05) is 7.11 Å². The van der Waals surface area contributed by atoms with Crippen LogP contribution in [0.1, 0.15) is 46.8 Å². The molecule has 1 amide bonds. The van der Waals surface area contributed by atoms with Crippen LogP contribution in [-0.4, -0.2) is 28.9 Å². The zero-order valence-electron chi connectivity index (χ0n) is 20.2. The summed E-state index contributed by atoms with van der Waals surface area (Å²) in [7, 11) is 1.56. The summed E-state index contributed by atoms with van der Waals surface area (Å²) in [5, 5.41) is 9.53. The predicted molar refractivity (Wildman–Crippen MR) is 143 cm³/mol. The van der Waals surface area contributed by atoms with Crippen LogP contribution in [0, 0.1) is 17.6 Å². The van der Waals surface area contributed by atoms with E-state index >= 15 is 0 Å². The van der Waals surface area contributed by atoms with Crippen LogP contribution in [0.3, 0.4) is 0 Å². The van der Waals surface area contributed by atoms with Crippen molar-refractivity contribution in [1.29, 1.82) is 0 Å². The second-order valence-corrected chi connectivity index (χ2v) is 9.42. The minimum Gasteiger partial charge on any atom is -0.497 e. The lowest BCUT2D eigenvalue weighted by Crippen LogP contribution is -2.41. The number of carbonyl (C=O) groups excluding carboxylic acids is 1. The molecule has 0 aromatic heterocycles. The molecule has 2 atom stereocenters. The average Bonchev–Trinajstić information content (AvgIpc) is 3.31. The first-order valence-corrected chi connectivity index (χ1v) is 12.4. The van der Waals surface area contributed by atoms with Crippen molar-refractivity contribution in [3.63, 3.8) is 0 Å². The fourth-order valence-electron chi connectivity index (χ4n) is 4.89. The van der Waals surface area contributed by atoms with Crippen LogP contribution in [0.25, 0.3) is 6.08 Å². The van der Waals surface area contributed by atoms with Gasteiger partial charge in [0.25, 0.3) is 5.91 Å². The first-order chi connectivity index (χ1) is 17.9. The zero-order valence-corrected chi connectivity index (χ0v) is 21.0. The molecule has 3 aromatic carbocycles. The molecule has 0 bridgehead atoms. The molecule has 1 saturated carbocycles. The molecule has 0 saturated heterocycles. The van der Waals surface area contributed by atoms with Crippen LogP contribution in [-0.2, 0) is 0 Å². The molecule has 8 heteroatoms. The van der Waals surface area contributed by atoms with Crippen molar-refractivity contribution < 1.29 is 18.3 Å². The van der Waals surface area contributed by atoms with Gasteiger partial charge in [0, 0.05) is 11.5 Å². The number of halogens is 2. The molecule has 0 spiro atoms. The van der Waals surface area contributed by atoms with Gasteiger partial charge < -0.3 is 4.74 Å². The second kappa shape index (κ2) is 10.6. The summed E-state index contributed by atoms with van der Waals surface area (Å²) in [6.45, 7) is 0. The normalized spacial score (nSPS) is 19.8. The van der Waals surface area contributed by atoms with Crippen molar-refractivity contribution in [3.8, 4) is 5.75 Å². The maximum absolute atomic E-state index is 13.7. The fraction of sp³-hybridized carbons (Fsp3) is 0.207. The Labute approximate surface area is 219 Å². The number of allylic oxidation sites excluding steroid dienone is 1. The van der Waals surface area contributed by atoms with Gasteiger partial charge in [0.05, 0.1) is 18.9 Å². The second-order valence-electron chi connectivity index (χ2n) is 9.03. The highest BCUT2D eigenvalue weighted by molar-refractivity contribution is 7.80. The standard InChI is InChI=1S/C29H25F2N3O2S/c1-36-24-15-9-20(10-16-24)28(35)32-29(37)34-27(19-7-13-23(31)14-8-19)25-4-2-3-21(26(25)33-34)17-18-5-11-22(30)12-6-18/h5-17,25,27H,2-4H2,1H3,(H,32,35,37)/b21-17-/t25-,27-/m1/s1. The predicted octanol–water partition coefficient (Wildman–Crippen LogP) is 6.28. The van der Waals surface area contributed by atoms with E-state index in [9.17, 15) is 13.6 Å². The minimum absolute atomic E-state index is 0.00162. The van der Waals surface area contributed by atoms with E-state index < -0.39 is 0 Å². The van der Waals surface area contributed by atoms with Crippen LogP contribution in [0.2, 0.25) is 0 Å².